The number of rotatable bonds is 6. The van der Waals surface area contributed by atoms with Crippen LogP contribution in [0.1, 0.15) is 0 Å². The predicted octanol–water partition coefficient (Wildman–Crippen LogP) is 13.2. The van der Waals surface area contributed by atoms with Crippen LogP contribution in [0.25, 0.3) is 106 Å². The molecule has 11 rings (SSSR count). The minimum Gasteiger partial charge on any atom is -0.456 e. The summed E-state index contributed by atoms with van der Waals surface area (Å²) in [4.78, 5) is 15.4. The smallest absolute Gasteiger partial charge is 0.164 e. The van der Waals surface area contributed by atoms with Gasteiger partial charge in [0, 0.05) is 43.9 Å². The van der Waals surface area contributed by atoms with Crippen molar-refractivity contribution < 1.29 is 4.42 Å². The average molecular weight is 717 g/mol. The van der Waals surface area contributed by atoms with Gasteiger partial charge in [-0.2, -0.15) is 0 Å². The summed E-state index contributed by atoms with van der Waals surface area (Å²) in [5, 5.41) is 4.38. The molecule has 0 N–H and O–H groups in total. The minimum absolute atomic E-state index is 0.593. The molecule has 8 aromatic carbocycles. The van der Waals surface area contributed by atoms with Crippen LogP contribution >= 0.6 is 0 Å². The molecule has 0 amide bonds. The molecule has 0 saturated heterocycles. The highest BCUT2D eigenvalue weighted by Gasteiger charge is 2.19. The van der Waals surface area contributed by atoms with Gasteiger partial charge >= 0.3 is 0 Å². The van der Waals surface area contributed by atoms with Crippen molar-refractivity contribution in [3.05, 3.63) is 194 Å². The van der Waals surface area contributed by atoms with E-state index in [1.54, 1.807) is 0 Å². The second kappa shape index (κ2) is 13.0. The van der Waals surface area contributed by atoms with Crippen LogP contribution in [0.5, 0.6) is 0 Å². The molecule has 0 radical (unpaired) electrons. The van der Waals surface area contributed by atoms with Gasteiger partial charge in [0.15, 0.2) is 17.5 Å². The molecule has 0 saturated carbocycles. The third kappa shape index (κ3) is 5.45. The molecule has 262 valence electrons. The number of aromatic nitrogens is 4. The maximum Gasteiger partial charge on any atom is 0.164 e. The van der Waals surface area contributed by atoms with Crippen LogP contribution in [0.4, 0.5) is 0 Å². The zero-order valence-electron chi connectivity index (χ0n) is 30.2. The average Bonchev–Trinajstić information content (AvgIpc) is 3.80. The summed E-state index contributed by atoms with van der Waals surface area (Å²) in [6.07, 6.45) is 0. The summed E-state index contributed by atoms with van der Waals surface area (Å²) in [6.45, 7) is 0. The van der Waals surface area contributed by atoms with Crippen LogP contribution in [-0.4, -0.2) is 19.5 Å². The standard InChI is InChI=1S/C51H32N4O/c1-4-14-33(15-5-1)35-18-12-20-37(28-35)49-52-50(38-21-13-19-36(29-38)34-16-6-2-7-17-34)54-51(53-49)39-26-27-47-43(30-39)44-31-46-42(32-48(44)56-47)41-24-10-11-25-45(41)55(46)40-22-8-3-9-23-40/h1-32H. The van der Waals surface area contributed by atoms with E-state index in [1.807, 2.05) is 24.3 Å². The van der Waals surface area contributed by atoms with Gasteiger partial charge in [0.1, 0.15) is 11.2 Å². The Kier molecular flexibility index (Phi) is 7.42. The van der Waals surface area contributed by atoms with E-state index >= 15 is 0 Å². The molecule has 0 atom stereocenters. The topological polar surface area (TPSA) is 56.7 Å². The third-order valence-corrected chi connectivity index (χ3v) is 10.6. The lowest BCUT2D eigenvalue weighted by atomic mass is 10.0. The first kappa shape index (κ1) is 31.9. The van der Waals surface area contributed by atoms with Gasteiger partial charge in [0.25, 0.3) is 0 Å². The van der Waals surface area contributed by atoms with Crippen molar-refractivity contribution in [2.24, 2.45) is 0 Å². The summed E-state index contributed by atoms with van der Waals surface area (Å²) in [5.74, 6) is 1.81. The molecule has 0 aliphatic rings. The summed E-state index contributed by atoms with van der Waals surface area (Å²) in [5.41, 5.74) is 12.2. The maximum absolute atomic E-state index is 6.55. The van der Waals surface area contributed by atoms with Gasteiger partial charge in [-0.15, -0.1) is 0 Å². The van der Waals surface area contributed by atoms with Crippen molar-refractivity contribution >= 4 is 43.7 Å². The Morgan fingerprint density at radius 3 is 1.43 bits per heavy atom. The van der Waals surface area contributed by atoms with Crippen LogP contribution < -0.4 is 0 Å². The molecule has 0 fully saturated rings. The van der Waals surface area contributed by atoms with Crippen LogP contribution in [0.2, 0.25) is 0 Å². The lowest BCUT2D eigenvalue weighted by Crippen LogP contribution is -2.00. The Morgan fingerprint density at radius 1 is 0.304 bits per heavy atom. The van der Waals surface area contributed by atoms with Crippen LogP contribution in [0, 0.1) is 0 Å². The molecule has 3 aromatic heterocycles. The molecular formula is C51H32N4O. The quantitative estimate of drug-likeness (QED) is 0.172. The monoisotopic (exact) mass is 716 g/mol. The first-order valence-corrected chi connectivity index (χ1v) is 18.8. The normalized spacial score (nSPS) is 11.6. The molecule has 0 spiro atoms. The molecule has 0 aliphatic carbocycles. The highest BCUT2D eigenvalue weighted by atomic mass is 16.3. The molecule has 56 heavy (non-hydrogen) atoms. The summed E-state index contributed by atoms with van der Waals surface area (Å²) in [7, 11) is 0. The van der Waals surface area contributed by atoms with Gasteiger partial charge in [-0.25, -0.2) is 15.0 Å². The SMILES string of the molecule is c1ccc(-c2cccc(-c3nc(-c4cccc(-c5ccccc5)c4)nc(-c4ccc5oc6cc7c8ccccc8n(-c8ccccc8)c7cc6c5c4)n3)c2)cc1. The van der Waals surface area contributed by atoms with Gasteiger partial charge < -0.3 is 8.98 Å². The van der Waals surface area contributed by atoms with Crippen molar-refractivity contribution in [2.45, 2.75) is 0 Å². The second-order valence-corrected chi connectivity index (χ2v) is 14.1. The molecule has 0 unspecified atom stereocenters. The van der Waals surface area contributed by atoms with Gasteiger partial charge in [0.05, 0.1) is 11.0 Å². The highest BCUT2D eigenvalue weighted by Crippen LogP contribution is 2.39. The Labute approximate surface area is 322 Å². The summed E-state index contributed by atoms with van der Waals surface area (Å²) < 4.78 is 8.89. The van der Waals surface area contributed by atoms with E-state index in [1.165, 1.54) is 5.39 Å². The summed E-state index contributed by atoms with van der Waals surface area (Å²) in [6, 6.07) is 67.4. The molecule has 5 nitrogen and oxygen atoms in total. The minimum atomic E-state index is 0.593. The van der Waals surface area contributed by atoms with Crippen molar-refractivity contribution in [1.82, 2.24) is 19.5 Å². The Balaban J connectivity index is 1.10. The third-order valence-electron chi connectivity index (χ3n) is 10.6. The van der Waals surface area contributed by atoms with Crippen LogP contribution in [0.3, 0.4) is 0 Å². The first-order valence-electron chi connectivity index (χ1n) is 18.8. The van der Waals surface area contributed by atoms with E-state index < -0.39 is 0 Å². The number of hydrogen-bond acceptors (Lipinski definition) is 4. The Hall–Kier alpha value is -7.63. The number of para-hydroxylation sites is 2. The van der Waals surface area contributed by atoms with Gasteiger partial charge in [0.2, 0.25) is 0 Å². The molecule has 0 aliphatic heterocycles. The van der Waals surface area contributed by atoms with E-state index in [4.69, 9.17) is 19.4 Å². The summed E-state index contributed by atoms with van der Waals surface area (Å²) >= 11 is 0. The fraction of sp³-hybridized carbons (Fsp3) is 0. The predicted molar refractivity (Wildman–Crippen MR) is 229 cm³/mol. The zero-order chi connectivity index (χ0) is 37.0. The van der Waals surface area contributed by atoms with E-state index in [9.17, 15) is 0 Å². The van der Waals surface area contributed by atoms with Gasteiger partial charge in [-0.3, -0.25) is 0 Å². The largest absolute Gasteiger partial charge is 0.456 e. The fourth-order valence-corrected chi connectivity index (χ4v) is 7.93. The van der Waals surface area contributed by atoms with Gasteiger partial charge in [-0.05, 0) is 82.9 Å². The van der Waals surface area contributed by atoms with Crippen molar-refractivity contribution in [3.63, 3.8) is 0 Å². The van der Waals surface area contributed by atoms with Crippen molar-refractivity contribution in [1.29, 1.82) is 0 Å². The Morgan fingerprint density at radius 2 is 0.804 bits per heavy atom. The molecule has 5 heteroatoms. The molecule has 0 bridgehead atoms. The van der Waals surface area contributed by atoms with E-state index in [2.05, 4.69) is 174 Å². The van der Waals surface area contributed by atoms with E-state index in [-0.39, 0.29) is 0 Å². The van der Waals surface area contributed by atoms with E-state index in [0.29, 0.717) is 17.5 Å². The lowest BCUT2D eigenvalue weighted by Gasteiger charge is -2.11. The van der Waals surface area contributed by atoms with Crippen LogP contribution in [0.15, 0.2) is 199 Å². The number of fused-ring (bicyclic) bond motifs is 6. The number of nitrogens with zero attached hydrogens (tertiary/aromatic N) is 4. The molecule has 11 aromatic rings. The molecule has 3 heterocycles. The maximum atomic E-state index is 6.55. The fourth-order valence-electron chi connectivity index (χ4n) is 7.93. The Bertz CT molecular complexity index is 3140. The highest BCUT2D eigenvalue weighted by molar-refractivity contribution is 6.17. The van der Waals surface area contributed by atoms with Crippen molar-refractivity contribution in [2.75, 3.05) is 0 Å². The number of hydrogen-bond donors (Lipinski definition) is 0. The molecular weight excluding hydrogens is 685 g/mol. The van der Waals surface area contributed by atoms with Gasteiger partial charge in [-0.1, -0.05) is 133 Å². The number of benzene rings is 8. The lowest BCUT2D eigenvalue weighted by molar-refractivity contribution is 0.669. The van der Waals surface area contributed by atoms with Crippen molar-refractivity contribution in [3.8, 4) is 62.1 Å². The number of furan rings is 1. The van der Waals surface area contributed by atoms with E-state index in [0.717, 1.165) is 83.0 Å². The second-order valence-electron chi connectivity index (χ2n) is 14.1. The zero-order valence-corrected chi connectivity index (χ0v) is 30.2. The van der Waals surface area contributed by atoms with Crippen LogP contribution in [-0.2, 0) is 0 Å². The first-order chi connectivity index (χ1) is 27.7.